The highest BCUT2D eigenvalue weighted by atomic mass is 35.8. The van der Waals surface area contributed by atoms with Gasteiger partial charge in [0, 0.05) is 5.25 Å². The summed E-state index contributed by atoms with van der Waals surface area (Å²) in [6.45, 7) is 2.16. The summed E-state index contributed by atoms with van der Waals surface area (Å²) >= 11 is 21.6. The third kappa shape index (κ3) is 9.52. The third-order valence-corrected chi connectivity index (χ3v) is 4.76. The van der Waals surface area contributed by atoms with Crippen LogP contribution in [0, 0.1) is 0 Å². The Bertz CT molecular complexity index is 116. The fourth-order valence-electron chi connectivity index (χ4n) is 1.02. The van der Waals surface area contributed by atoms with Gasteiger partial charge in [-0.15, -0.1) is 33.2 Å². The number of rotatable bonds is 6. The van der Waals surface area contributed by atoms with Crippen molar-refractivity contribution >= 4 is 51.9 Å². The van der Waals surface area contributed by atoms with E-state index in [1.54, 1.807) is 0 Å². The number of hydrogen-bond acceptors (Lipinski definition) is 1. The molecular formula is C7H15Cl3SSi. The Morgan fingerprint density at radius 1 is 1.25 bits per heavy atom. The first-order valence-corrected chi connectivity index (χ1v) is 9.96. The Labute approximate surface area is 95.5 Å². The summed E-state index contributed by atoms with van der Waals surface area (Å²) in [7, 11) is 0. The molecule has 0 aliphatic heterocycles. The monoisotopic (exact) mass is 264 g/mol. The third-order valence-electron chi connectivity index (χ3n) is 1.62. The van der Waals surface area contributed by atoms with Gasteiger partial charge in [0.2, 0.25) is 0 Å². The van der Waals surface area contributed by atoms with E-state index in [9.17, 15) is 0 Å². The van der Waals surface area contributed by atoms with Crippen LogP contribution in [0.5, 0.6) is 0 Å². The minimum atomic E-state index is -2.36. The van der Waals surface area contributed by atoms with Crippen molar-refractivity contribution < 1.29 is 0 Å². The minimum absolute atomic E-state index is 0.483. The normalized spacial score (nSPS) is 14.8. The summed E-state index contributed by atoms with van der Waals surface area (Å²) in [5.74, 6) is 0. The Balaban J connectivity index is 3.31. The van der Waals surface area contributed by atoms with Crippen molar-refractivity contribution in [3.05, 3.63) is 0 Å². The highest BCUT2D eigenvalue weighted by Gasteiger charge is 2.23. The molecule has 0 aliphatic rings. The fraction of sp³-hybridized carbons (Fsp3) is 1.00. The molecule has 0 rings (SSSR count). The molecule has 1 unspecified atom stereocenters. The van der Waals surface area contributed by atoms with Gasteiger partial charge in [0.05, 0.1) is 0 Å². The molecule has 0 nitrogen and oxygen atoms in total. The summed E-state index contributed by atoms with van der Waals surface area (Å²) in [5.41, 5.74) is 0. The molecule has 1 atom stereocenters. The lowest BCUT2D eigenvalue weighted by atomic mass is 10.2. The maximum absolute atomic E-state index is 5.74. The quantitative estimate of drug-likeness (QED) is 0.407. The van der Waals surface area contributed by atoms with E-state index in [-0.39, 0.29) is 0 Å². The van der Waals surface area contributed by atoms with Crippen molar-refractivity contribution in [2.24, 2.45) is 0 Å². The van der Waals surface area contributed by atoms with Crippen LogP contribution in [0.25, 0.3) is 0 Å². The highest BCUT2D eigenvalue weighted by molar-refractivity contribution is 7.80. The van der Waals surface area contributed by atoms with E-state index < -0.39 is 6.00 Å². The second-order valence-electron chi connectivity index (χ2n) is 2.95. The zero-order valence-corrected chi connectivity index (χ0v) is 11.4. The summed E-state index contributed by atoms with van der Waals surface area (Å²) in [6, 6.07) is -1.60. The fourth-order valence-corrected chi connectivity index (χ4v) is 3.26. The van der Waals surface area contributed by atoms with E-state index in [0.29, 0.717) is 5.25 Å². The molecule has 0 saturated carbocycles. The molecule has 0 aromatic carbocycles. The van der Waals surface area contributed by atoms with Gasteiger partial charge >= 0.3 is 6.00 Å². The van der Waals surface area contributed by atoms with Crippen molar-refractivity contribution in [3.63, 3.8) is 0 Å². The average molecular weight is 266 g/mol. The lowest BCUT2D eigenvalue weighted by Gasteiger charge is -2.10. The van der Waals surface area contributed by atoms with Gasteiger partial charge in [0.1, 0.15) is 0 Å². The summed E-state index contributed by atoms with van der Waals surface area (Å²) in [5, 5.41) is 0.483. The highest BCUT2D eigenvalue weighted by Crippen LogP contribution is 2.28. The van der Waals surface area contributed by atoms with Crippen molar-refractivity contribution in [2.75, 3.05) is 0 Å². The molecule has 0 radical (unpaired) electrons. The van der Waals surface area contributed by atoms with Gasteiger partial charge in [-0.1, -0.05) is 19.8 Å². The smallest absolute Gasteiger partial charge is 0.176 e. The van der Waals surface area contributed by atoms with Gasteiger partial charge < -0.3 is 0 Å². The van der Waals surface area contributed by atoms with E-state index in [2.05, 4.69) is 19.6 Å². The maximum Gasteiger partial charge on any atom is 0.341 e. The van der Waals surface area contributed by atoms with Crippen LogP contribution in [0.15, 0.2) is 0 Å². The second kappa shape index (κ2) is 6.83. The Kier molecular flexibility index (Phi) is 7.64. The average Bonchev–Trinajstić information content (AvgIpc) is 1.84. The maximum atomic E-state index is 5.74. The molecule has 0 heterocycles. The molecule has 5 heteroatoms. The van der Waals surface area contributed by atoms with Crippen molar-refractivity contribution in [1.29, 1.82) is 0 Å². The first-order chi connectivity index (χ1) is 5.45. The first-order valence-electron chi connectivity index (χ1n) is 4.20. The summed E-state index contributed by atoms with van der Waals surface area (Å²) in [6.07, 6.45) is 4.40. The van der Waals surface area contributed by atoms with Crippen LogP contribution >= 0.6 is 45.9 Å². The van der Waals surface area contributed by atoms with E-state index in [1.807, 2.05) is 0 Å². The number of halogens is 3. The van der Waals surface area contributed by atoms with E-state index in [0.717, 1.165) is 25.3 Å². The standard InChI is InChI=1S/C7H15Cl3SSi/c1-2-4-7(11)5-3-6-12(8,9)10/h7,11H,2-6H2,1H3. The Morgan fingerprint density at radius 2 is 1.83 bits per heavy atom. The van der Waals surface area contributed by atoms with Crippen molar-refractivity contribution in [2.45, 2.75) is 43.9 Å². The van der Waals surface area contributed by atoms with Gasteiger partial charge in [-0.25, -0.2) is 0 Å². The van der Waals surface area contributed by atoms with Gasteiger partial charge in [-0.05, 0) is 18.9 Å². The van der Waals surface area contributed by atoms with E-state index in [4.69, 9.17) is 33.2 Å². The molecule has 0 fully saturated rings. The predicted molar refractivity (Wildman–Crippen MR) is 65.0 cm³/mol. The summed E-state index contributed by atoms with van der Waals surface area (Å²) in [4.78, 5) is 0. The SMILES string of the molecule is CCCC(S)CCC[Si](Cl)(Cl)Cl. The molecule has 0 bridgehead atoms. The molecule has 12 heavy (non-hydrogen) atoms. The largest absolute Gasteiger partial charge is 0.341 e. The molecule has 0 aromatic rings. The van der Waals surface area contributed by atoms with Gasteiger partial charge in [-0.3, -0.25) is 0 Å². The van der Waals surface area contributed by atoms with Crippen LogP contribution in [0.1, 0.15) is 32.6 Å². The van der Waals surface area contributed by atoms with Gasteiger partial charge in [0.15, 0.2) is 0 Å². The van der Waals surface area contributed by atoms with Crippen LogP contribution in [0.3, 0.4) is 0 Å². The van der Waals surface area contributed by atoms with Gasteiger partial charge in [0.25, 0.3) is 0 Å². The van der Waals surface area contributed by atoms with E-state index >= 15 is 0 Å². The van der Waals surface area contributed by atoms with Gasteiger partial charge in [-0.2, -0.15) is 12.6 Å². The zero-order valence-electron chi connectivity index (χ0n) is 7.19. The molecule has 0 spiro atoms. The molecule has 0 amide bonds. The molecule has 0 saturated heterocycles. The van der Waals surface area contributed by atoms with Crippen LogP contribution in [-0.2, 0) is 0 Å². The Morgan fingerprint density at radius 3 is 2.25 bits per heavy atom. The van der Waals surface area contributed by atoms with Crippen LogP contribution < -0.4 is 0 Å². The van der Waals surface area contributed by atoms with Crippen LogP contribution in [0.4, 0.5) is 0 Å². The lowest BCUT2D eigenvalue weighted by molar-refractivity contribution is 0.675. The minimum Gasteiger partial charge on any atom is -0.176 e. The van der Waals surface area contributed by atoms with Crippen molar-refractivity contribution in [1.82, 2.24) is 0 Å². The van der Waals surface area contributed by atoms with Crippen LogP contribution in [0.2, 0.25) is 6.04 Å². The molecule has 0 aliphatic carbocycles. The second-order valence-corrected chi connectivity index (χ2v) is 13.0. The first kappa shape index (κ1) is 13.4. The van der Waals surface area contributed by atoms with E-state index in [1.165, 1.54) is 6.42 Å². The number of thiol groups is 1. The zero-order chi connectivity index (χ0) is 9.61. The number of hydrogen-bond donors (Lipinski definition) is 1. The van der Waals surface area contributed by atoms with Crippen LogP contribution in [-0.4, -0.2) is 11.3 Å². The molecular weight excluding hydrogens is 251 g/mol. The molecule has 74 valence electrons. The topological polar surface area (TPSA) is 0 Å². The molecule has 0 N–H and O–H groups in total. The summed E-state index contributed by atoms with van der Waals surface area (Å²) < 4.78 is 0. The predicted octanol–water partition coefficient (Wildman–Crippen LogP) is 4.52. The van der Waals surface area contributed by atoms with Crippen molar-refractivity contribution in [3.8, 4) is 0 Å². The molecule has 0 aromatic heterocycles. The lowest BCUT2D eigenvalue weighted by Crippen LogP contribution is -2.09. The Hall–Kier alpha value is 1.44.